The number of hydrogen-bond acceptors (Lipinski definition) is 2. The highest BCUT2D eigenvalue weighted by molar-refractivity contribution is 9.10. The molecular weight excluding hydrogens is 232 g/mol. The molecular formula is C10H10BrO2. The van der Waals surface area contributed by atoms with Crippen LogP contribution in [0.2, 0.25) is 0 Å². The van der Waals surface area contributed by atoms with Crippen LogP contribution in [-0.2, 0) is 4.74 Å². The van der Waals surface area contributed by atoms with Gasteiger partial charge in [-0.05, 0) is 24.3 Å². The average Bonchev–Trinajstić information content (AvgIpc) is 2.15. The lowest BCUT2D eigenvalue weighted by molar-refractivity contribution is 0.225. The van der Waals surface area contributed by atoms with Crippen molar-refractivity contribution in [1.82, 2.24) is 0 Å². The zero-order chi connectivity index (χ0) is 9.52. The molecule has 2 nitrogen and oxygen atoms in total. The van der Waals surface area contributed by atoms with Gasteiger partial charge in [0.1, 0.15) is 12.4 Å². The predicted molar refractivity (Wildman–Crippen MR) is 55.2 cm³/mol. The SMILES string of the molecule is C=COC[CH]Oc1ccc(Br)cc1. The first kappa shape index (κ1) is 10.1. The van der Waals surface area contributed by atoms with Crippen LogP contribution in [0.4, 0.5) is 0 Å². The summed E-state index contributed by atoms with van der Waals surface area (Å²) in [6.07, 6.45) is 1.38. The summed E-state index contributed by atoms with van der Waals surface area (Å²) in [6, 6.07) is 7.57. The van der Waals surface area contributed by atoms with E-state index in [-0.39, 0.29) is 0 Å². The first-order valence-electron chi connectivity index (χ1n) is 3.79. The van der Waals surface area contributed by atoms with Gasteiger partial charge < -0.3 is 9.47 Å². The van der Waals surface area contributed by atoms with E-state index in [0.717, 1.165) is 10.2 Å². The summed E-state index contributed by atoms with van der Waals surface area (Å²) in [7, 11) is 0. The molecule has 0 aliphatic rings. The van der Waals surface area contributed by atoms with Gasteiger partial charge in [-0.15, -0.1) is 0 Å². The third kappa shape index (κ3) is 3.99. The molecule has 0 aromatic heterocycles. The molecule has 1 aromatic rings. The Kier molecular flexibility index (Phi) is 4.40. The van der Waals surface area contributed by atoms with Gasteiger partial charge in [0.05, 0.1) is 6.26 Å². The normalized spacial score (nSPS) is 9.31. The highest BCUT2D eigenvalue weighted by Crippen LogP contribution is 2.16. The van der Waals surface area contributed by atoms with E-state index in [4.69, 9.17) is 9.47 Å². The molecule has 69 valence electrons. The maximum absolute atomic E-state index is 5.24. The van der Waals surface area contributed by atoms with E-state index in [1.165, 1.54) is 6.26 Å². The molecule has 0 amide bonds. The first-order chi connectivity index (χ1) is 6.33. The zero-order valence-corrected chi connectivity index (χ0v) is 8.66. The smallest absolute Gasteiger partial charge is 0.172 e. The molecule has 0 aliphatic carbocycles. The fraction of sp³-hybridized carbons (Fsp3) is 0.100. The molecule has 0 saturated carbocycles. The van der Waals surface area contributed by atoms with Crippen LogP contribution in [0.15, 0.2) is 41.6 Å². The van der Waals surface area contributed by atoms with Crippen LogP contribution in [0.5, 0.6) is 5.75 Å². The summed E-state index contributed by atoms with van der Waals surface area (Å²) in [5.41, 5.74) is 0. The molecule has 0 saturated heterocycles. The molecule has 0 spiro atoms. The summed E-state index contributed by atoms with van der Waals surface area (Å²) in [6.45, 7) is 5.39. The number of halogens is 1. The van der Waals surface area contributed by atoms with Gasteiger partial charge in [0, 0.05) is 4.47 Å². The Morgan fingerprint density at radius 3 is 2.62 bits per heavy atom. The van der Waals surface area contributed by atoms with E-state index in [9.17, 15) is 0 Å². The van der Waals surface area contributed by atoms with Crippen molar-refractivity contribution in [1.29, 1.82) is 0 Å². The van der Waals surface area contributed by atoms with Crippen LogP contribution in [-0.4, -0.2) is 6.61 Å². The highest BCUT2D eigenvalue weighted by atomic mass is 79.9. The first-order valence-corrected chi connectivity index (χ1v) is 4.58. The zero-order valence-electron chi connectivity index (χ0n) is 7.07. The highest BCUT2D eigenvalue weighted by Gasteiger charge is 1.93. The van der Waals surface area contributed by atoms with E-state index in [2.05, 4.69) is 22.5 Å². The van der Waals surface area contributed by atoms with Crippen LogP contribution >= 0.6 is 15.9 Å². The Morgan fingerprint density at radius 1 is 1.31 bits per heavy atom. The molecule has 13 heavy (non-hydrogen) atoms. The molecule has 0 unspecified atom stereocenters. The molecule has 0 atom stereocenters. The Labute approximate surface area is 86.3 Å². The van der Waals surface area contributed by atoms with Gasteiger partial charge in [-0.3, -0.25) is 0 Å². The summed E-state index contributed by atoms with van der Waals surface area (Å²) >= 11 is 3.33. The molecule has 3 heteroatoms. The largest absolute Gasteiger partial charge is 0.498 e. The molecule has 0 heterocycles. The Hall–Kier alpha value is -0.960. The minimum absolute atomic E-state index is 0.402. The van der Waals surface area contributed by atoms with Gasteiger partial charge in [0.25, 0.3) is 0 Å². The van der Waals surface area contributed by atoms with E-state index in [1.807, 2.05) is 24.3 Å². The standard InChI is InChI=1S/C10H10BrO2/c1-2-12-7-8-13-10-5-3-9(11)4-6-10/h2-6,8H,1,7H2. The number of rotatable bonds is 5. The van der Waals surface area contributed by atoms with Crippen LogP contribution in [0.1, 0.15) is 0 Å². The lowest BCUT2D eigenvalue weighted by atomic mass is 10.3. The number of hydrogen-bond donors (Lipinski definition) is 0. The van der Waals surface area contributed by atoms with Gasteiger partial charge in [-0.1, -0.05) is 22.5 Å². The summed E-state index contributed by atoms with van der Waals surface area (Å²) in [4.78, 5) is 0. The third-order valence-electron chi connectivity index (χ3n) is 1.32. The monoisotopic (exact) mass is 241 g/mol. The minimum atomic E-state index is 0.402. The minimum Gasteiger partial charge on any atom is -0.498 e. The molecule has 0 bridgehead atoms. The fourth-order valence-corrected chi connectivity index (χ4v) is 1.02. The summed E-state index contributed by atoms with van der Waals surface area (Å²) < 4.78 is 11.1. The second kappa shape index (κ2) is 5.65. The Bertz CT molecular complexity index is 256. The van der Waals surface area contributed by atoms with Gasteiger partial charge in [0.15, 0.2) is 6.61 Å². The van der Waals surface area contributed by atoms with E-state index >= 15 is 0 Å². The number of ether oxygens (including phenoxy) is 2. The van der Waals surface area contributed by atoms with Crippen molar-refractivity contribution in [3.05, 3.63) is 48.2 Å². The van der Waals surface area contributed by atoms with Crippen LogP contribution in [0.3, 0.4) is 0 Å². The second-order valence-corrected chi connectivity index (χ2v) is 3.15. The molecule has 0 aliphatic heterocycles. The van der Waals surface area contributed by atoms with Crippen molar-refractivity contribution >= 4 is 15.9 Å². The maximum Gasteiger partial charge on any atom is 0.172 e. The van der Waals surface area contributed by atoms with Crippen LogP contribution in [0, 0.1) is 6.61 Å². The topological polar surface area (TPSA) is 18.5 Å². The van der Waals surface area contributed by atoms with E-state index in [0.29, 0.717) is 6.61 Å². The Morgan fingerprint density at radius 2 is 2.00 bits per heavy atom. The van der Waals surface area contributed by atoms with Gasteiger partial charge in [-0.25, -0.2) is 0 Å². The maximum atomic E-state index is 5.24. The Balaban J connectivity index is 2.28. The predicted octanol–water partition coefficient (Wildman–Crippen LogP) is 3.15. The van der Waals surface area contributed by atoms with E-state index in [1.54, 1.807) is 6.61 Å². The molecule has 0 fully saturated rings. The lowest BCUT2D eigenvalue weighted by Gasteiger charge is -2.04. The third-order valence-corrected chi connectivity index (χ3v) is 1.84. The van der Waals surface area contributed by atoms with Crippen molar-refractivity contribution in [3.8, 4) is 5.75 Å². The van der Waals surface area contributed by atoms with Gasteiger partial charge >= 0.3 is 0 Å². The van der Waals surface area contributed by atoms with E-state index < -0.39 is 0 Å². The van der Waals surface area contributed by atoms with Gasteiger partial charge in [0.2, 0.25) is 0 Å². The van der Waals surface area contributed by atoms with Crippen molar-refractivity contribution in [2.24, 2.45) is 0 Å². The van der Waals surface area contributed by atoms with Crippen molar-refractivity contribution in [2.75, 3.05) is 6.61 Å². The quantitative estimate of drug-likeness (QED) is 0.583. The van der Waals surface area contributed by atoms with Crippen LogP contribution < -0.4 is 4.74 Å². The number of benzene rings is 1. The van der Waals surface area contributed by atoms with Crippen molar-refractivity contribution in [3.63, 3.8) is 0 Å². The lowest BCUT2D eigenvalue weighted by Crippen LogP contribution is -1.96. The van der Waals surface area contributed by atoms with Crippen molar-refractivity contribution in [2.45, 2.75) is 0 Å². The van der Waals surface area contributed by atoms with Gasteiger partial charge in [-0.2, -0.15) is 0 Å². The summed E-state index contributed by atoms with van der Waals surface area (Å²) in [5, 5.41) is 0. The fourth-order valence-electron chi connectivity index (χ4n) is 0.751. The molecule has 1 radical (unpaired) electrons. The summed E-state index contributed by atoms with van der Waals surface area (Å²) in [5.74, 6) is 0.788. The second-order valence-electron chi connectivity index (χ2n) is 2.24. The molecule has 1 rings (SSSR count). The van der Waals surface area contributed by atoms with Crippen LogP contribution in [0.25, 0.3) is 0 Å². The average molecular weight is 242 g/mol. The molecule has 0 N–H and O–H groups in total. The molecule has 1 aromatic carbocycles. The van der Waals surface area contributed by atoms with Crippen molar-refractivity contribution < 1.29 is 9.47 Å².